The molecule has 0 fully saturated rings. The summed E-state index contributed by atoms with van der Waals surface area (Å²) in [5.41, 5.74) is 0. The molecule has 25 nitrogen and oxygen atoms in total. The van der Waals surface area contributed by atoms with Crippen LogP contribution in [0, 0.1) is 0 Å². The fourth-order valence-electron chi connectivity index (χ4n) is 0. The van der Waals surface area contributed by atoms with E-state index in [0.717, 1.165) is 0 Å². The van der Waals surface area contributed by atoms with Gasteiger partial charge in [-0.3, -0.25) is 23.5 Å². The van der Waals surface area contributed by atoms with Gasteiger partial charge in [-0.1, -0.05) is 0 Å². The molecule has 0 atom stereocenters. The minimum atomic E-state index is -4.20. The first-order chi connectivity index (χ1) is 8.66. The topological polar surface area (TPSA) is 681 Å². The Morgan fingerprint density at radius 1 is 0.229 bits per heavy atom. The quantitative estimate of drug-likeness (QED) is 0.0796. The molecule has 40 N–H and O–H groups in total. The van der Waals surface area contributed by atoms with E-state index in [1.165, 1.54) is 0 Å². The monoisotopic (exact) mass is 1120 g/mol. The Morgan fingerprint density at radius 2 is 0.229 bits per heavy atom. The van der Waals surface area contributed by atoms with Crippen LogP contribution < -0.4 is 95.4 Å². The summed E-state index contributed by atoms with van der Waals surface area (Å²) in [5.74, 6) is 0. The van der Waals surface area contributed by atoms with Crippen molar-refractivity contribution >= 4 is 105 Å². The predicted octanol–water partition coefficient (Wildman–Crippen LogP) is -9.86. The van der Waals surface area contributed by atoms with Crippen LogP contribution in [0.3, 0.4) is 0 Å². The Kier molecular flexibility index (Phi) is 726. The molecule has 0 aliphatic carbocycles. The summed E-state index contributed by atoms with van der Waals surface area (Å²) in [7, 11) is 0. The third-order valence-corrected chi connectivity index (χ3v) is 0. The van der Waals surface area contributed by atoms with Crippen molar-refractivity contribution in [2.75, 3.05) is 0 Å². The van der Waals surface area contributed by atoms with Gasteiger partial charge in [0, 0.05) is 0 Å². The number of quaternary nitrogens is 10. The zero-order valence-corrected chi connectivity index (χ0v) is 33.2. The van der Waals surface area contributed by atoms with Gasteiger partial charge in [0.2, 0.25) is 0 Å². The second-order valence-electron chi connectivity index (χ2n) is 1.12. The molecule has 0 unspecified atom stereocenters. The van der Waals surface area contributed by atoms with Gasteiger partial charge in [-0.2, -0.15) is 0 Å². The summed E-state index contributed by atoms with van der Waals surface area (Å²) in [6.07, 6.45) is 0. The van der Waals surface area contributed by atoms with Gasteiger partial charge in [0.25, 0.3) is 0 Å². The first-order valence-corrected chi connectivity index (χ1v) is 18.4. The number of hydrogen-bond acceptors (Lipinski definition) is 15. The molecule has 0 aliphatic rings. The molecule has 0 aromatic rings. The van der Waals surface area contributed by atoms with Crippen LogP contribution in [0.5, 0.6) is 0 Å². The summed E-state index contributed by atoms with van der Waals surface area (Å²) in [4.78, 5) is 0. The molecule has 0 aromatic heterocycles. The second kappa shape index (κ2) is 153. The van der Waals surface area contributed by atoms with E-state index in [1.807, 2.05) is 0 Å². The Labute approximate surface area is 236 Å². The molecule has 0 heterocycles. The van der Waals surface area contributed by atoms with Crippen molar-refractivity contribution < 1.29 is 72.5 Å². The Morgan fingerprint density at radius 3 is 0.229 bits per heavy atom. The van der Waals surface area contributed by atoms with Crippen LogP contribution in [0.2, 0.25) is 0 Å². The van der Waals surface area contributed by atoms with Crippen molar-refractivity contribution in [3.8, 4) is 0 Å². The van der Waals surface area contributed by atoms with Crippen LogP contribution in [0.25, 0.3) is 0 Å². The molecular weight excluding hydrogens is 1080 g/mol. The molecule has 35 heteroatoms. The van der Waals surface area contributed by atoms with Crippen LogP contribution in [-0.2, 0) is 15.1 Å². The van der Waals surface area contributed by atoms with Gasteiger partial charge in [0.1, 0.15) is 0 Å². The summed E-state index contributed by atoms with van der Waals surface area (Å²) >= 11 is -21.0. The first-order valence-electron chi connectivity index (χ1n) is 2.74. The van der Waals surface area contributed by atoms with Gasteiger partial charge in [-0.25, -0.2) is 0 Å². The molecule has 0 aromatic carbocycles. The molecule has 0 amide bonds. The third kappa shape index (κ3) is 11000. The molecule has 0 saturated carbocycles. The van der Waals surface area contributed by atoms with Crippen LogP contribution in [0.4, 0.5) is 23.5 Å². The Bertz CT molecular complexity index is 249. The maximum atomic E-state index is 8.60. The molecule has 245 valence electrons. The van der Waals surface area contributed by atoms with E-state index < -0.39 is 105 Å². The Balaban J connectivity index is -0.00000000403. The Hall–Kier alpha value is 1.94. The molecule has 35 heavy (non-hydrogen) atoms. The van der Waals surface area contributed by atoms with Crippen LogP contribution in [0.1, 0.15) is 0 Å². The van der Waals surface area contributed by atoms with E-state index in [9.17, 15) is 0 Å². The molecule has 0 spiro atoms. The van der Waals surface area contributed by atoms with Gasteiger partial charge in [0.15, 0.2) is 0 Å². The summed E-state index contributed by atoms with van der Waals surface area (Å²) in [5, 5.41) is 0. The minimum absolute atomic E-state index is 0. The summed E-state index contributed by atoms with van der Waals surface area (Å²) in [6.45, 7) is 0. The molecule has 5 radical (unpaired) electrons. The first kappa shape index (κ1) is 166. The van der Waals surface area contributed by atoms with E-state index in [0.29, 0.717) is 0 Å². The van der Waals surface area contributed by atoms with Crippen LogP contribution >= 0.6 is 0 Å². The molecular formula is H45F5N10O15Sb5. The average molecular weight is 1130 g/mol. The maximum absolute atomic E-state index is 8.60. The zero-order chi connectivity index (χ0) is 17.9. The molecule has 0 rings (SSSR count). The van der Waals surface area contributed by atoms with Crippen molar-refractivity contribution in [1.82, 2.24) is 61.5 Å². The molecule has 0 saturated heterocycles. The van der Waals surface area contributed by atoms with Gasteiger partial charge in [-0.05, 0) is 0 Å². The van der Waals surface area contributed by atoms with Crippen LogP contribution in [-0.4, -0.2) is 105 Å². The standard InChI is InChI=1S/5FH.10H3N.15O.5Sb/h5*1H;10*1H3;;;;;;;;;;;;;;;;;;;;/q;;;;;;;;;;;;;;;;;;;;10*-1;;;;;/p+10. The van der Waals surface area contributed by atoms with Gasteiger partial charge < -0.3 is 61.5 Å². The average Bonchev–Trinajstić information content (AvgIpc) is 1.94. The fraction of sp³-hybridized carbons (Fsp3) is 0. The summed E-state index contributed by atoms with van der Waals surface area (Å²) < 4.78 is 129. The summed E-state index contributed by atoms with van der Waals surface area (Å²) in [6, 6.07) is 0. The number of halogens is 5. The second-order valence-corrected chi connectivity index (χ2v) is 7.50. The van der Waals surface area contributed by atoms with Crippen LogP contribution in [0.15, 0.2) is 0 Å². The van der Waals surface area contributed by atoms with Crippen molar-refractivity contribution in [3.63, 3.8) is 0 Å². The van der Waals surface area contributed by atoms with Crippen molar-refractivity contribution in [2.24, 2.45) is 0 Å². The SMILES string of the molecule is F.F.F.F.F.[NH4+].[NH4+].[NH4+].[NH4+].[NH4+].[NH4+].[NH4+].[NH4+].[NH4+].[NH4+].[O]=[Sb]([O-])[O-].[O]=[Sb]([O-])[O-].[O]=[Sb]([O-])[O-].[O]=[Sb]([O-])[O-].[O]=[Sb]([O-])[O-]. The molecule has 0 aliphatic heterocycles. The van der Waals surface area contributed by atoms with E-state index in [1.54, 1.807) is 0 Å². The normalized spacial score (nSPS) is 3.71. The van der Waals surface area contributed by atoms with Crippen molar-refractivity contribution in [1.29, 1.82) is 0 Å². The van der Waals surface area contributed by atoms with Crippen molar-refractivity contribution in [2.45, 2.75) is 0 Å². The van der Waals surface area contributed by atoms with E-state index in [4.69, 9.17) is 48.9 Å². The third-order valence-electron chi connectivity index (χ3n) is 0. The van der Waals surface area contributed by atoms with E-state index >= 15 is 0 Å². The zero-order valence-electron chi connectivity index (χ0n) is 20.4. The van der Waals surface area contributed by atoms with Gasteiger partial charge in [-0.15, -0.1) is 0 Å². The van der Waals surface area contributed by atoms with E-state index in [2.05, 4.69) is 0 Å². The van der Waals surface area contributed by atoms with Gasteiger partial charge in [0.05, 0.1) is 0 Å². The van der Waals surface area contributed by atoms with Gasteiger partial charge >= 0.3 is 154 Å². The molecule has 0 bridgehead atoms. The predicted molar refractivity (Wildman–Crippen MR) is 105 cm³/mol. The van der Waals surface area contributed by atoms with E-state index in [-0.39, 0.29) is 85.0 Å². The fourth-order valence-corrected chi connectivity index (χ4v) is 0. The number of hydrogen-bond donors (Lipinski definition) is 10. The number of rotatable bonds is 0. The van der Waals surface area contributed by atoms with Crippen molar-refractivity contribution in [3.05, 3.63) is 0 Å².